The average Bonchev–Trinajstić information content (AvgIpc) is 3.25. The molecule has 0 aliphatic carbocycles. The number of anilines is 2. The molecule has 3 aromatic carbocycles. The van der Waals surface area contributed by atoms with Crippen molar-refractivity contribution in [1.29, 1.82) is 0 Å². The van der Waals surface area contributed by atoms with Gasteiger partial charge < -0.3 is 19.7 Å². The van der Waals surface area contributed by atoms with Gasteiger partial charge in [0, 0.05) is 30.3 Å². The molecule has 0 spiro atoms. The first kappa shape index (κ1) is 25.0. The second-order valence-corrected chi connectivity index (χ2v) is 9.45. The second kappa shape index (κ2) is 10.1. The molecular weight excluding hydrogens is 506 g/mol. The number of carbonyl (C=O) groups excluding carboxylic acids is 1. The van der Waals surface area contributed by atoms with Crippen LogP contribution < -0.4 is 21.1 Å². The Morgan fingerprint density at radius 3 is 2.59 bits per heavy atom. The Bertz CT molecular complexity index is 1480. The molecule has 0 aromatic heterocycles. The normalized spacial score (nSPS) is 23.8. The van der Waals surface area contributed by atoms with Crippen LogP contribution in [0.4, 0.5) is 20.2 Å². The fraction of sp³-hybridized carbons (Fsp3) is 0.250. The predicted octanol–water partition coefficient (Wildman–Crippen LogP) is 3.27. The number of benzodiazepines with no additional fused rings is 1. The zero-order valence-corrected chi connectivity index (χ0v) is 21.1. The molecule has 0 radical (unpaired) electrons. The SMILES string of the molecule is CC1(c2c(F)cc(F)cc2N2CCOCC2)NNC(=NC2N=C(c3ccccc3)c3ccccc3NC2=O)O1. The van der Waals surface area contributed by atoms with Gasteiger partial charge in [0.15, 0.2) is 0 Å². The van der Waals surface area contributed by atoms with E-state index in [1.807, 2.05) is 53.4 Å². The van der Waals surface area contributed by atoms with Crippen molar-refractivity contribution in [2.75, 3.05) is 36.5 Å². The largest absolute Gasteiger partial charge is 0.437 e. The minimum atomic E-state index is -1.46. The van der Waals surface area contributed by atoms with Gasteiger partial charge in [0.05, 0.1) is 35.9 Å². The first-order valence-electron chi connectivity index (χ1n) is 12.6. The molecule has 2 fully saturated rings. The molecule has 6 rings (SSSR count). The number of carbonyl (C=O) groups is 1. The highest BCUT2D eigenvalue weighted by atomic mass is 19.1. The summed E-state index contributed by atoms with van der Waals surface area (Å²) in [6.07, 6.45) is -1.20. The maximum absolute atomic E-state index is 15.3. The van der Waals surface area contributed by atoms with Crippen molar-refractivity contribution in [3.05, 3.63) is 95.1 Å². The van der Waals surface area contributed by atoms with Gasteiger partial charge in [0.2, 0.25) is 11.9 Å². The Hall–Kier alpha value is -4.35. The number of rotatable bonds is 4. The Morgan fingerprint density at radius 1 is 1.05 bits per heavy atom. The van der Waals surface area contributed by atoms with E-state index in [1.54, 1.807) is 13.0 Å². The number of hydrogen-bond acceptors (Lipinski definition) is 7. The molecular formula is C28H26F2N6O3. The monoisotopic (exact) mass is 532 g/mol. The third-order valence-corrected chi connectivity index (χ3v) is 6.78. The van der Waals surface area contributed by atoms with Crippen molar-refractivity contribution in [1.82, 2.24) is 10.9 Å². The number of ether oxygens (including phenoxy) is 2. The number of hydrogen-bond donors (Lipinski definition) is 3. The molecule has 11 heteroatoms. The first-order valence-corrected chi connectivity index (χ1v) is 12.6. The molecule has 9 nitrogen and oxygen atoms in total. The van der Waals surface area contributed by atoms with E-state index in [-0.39, 0.29) is 11.6 Å². The molecule has 3 aliphatic heterocycles. The van der Waals surface area contributed by atoms with Gasteiger partial charge in [-0.3, -0.25) is 10.2 Å². The van der Waals surface area contributed by atoms with Crippen molar-refractivity contribution in [3.63, 3.8) is 0 Å². The fourth-order valence-corrected chi connectivity index (χ4v) is 4.95. The van der Waals surface area contributed by atoms with Gasteiger partial charge >= 0.3 is 6.02 Å². The number of para-hydroxylation sites is 1. The molecule has 2 unspecified atom stereocenters. The van der Waals surface area contributed by atoms with Crippen molar-refractivity contribution in [2.45, 2.75) is 18.8 Å². The lowest BCUT2D eigenvalue weighted by molar-refractivity contribution is -0.117. The minimum Gasteiger partial charge on any atom is -0.437 e. The molecule has 0 saturated carbocycles. The van der Waals surface area contributed by atoms with E-state index in [9.17, 15) is 9.18 Å². The zero-order chi connectivity index (χ0) is 27.0. The van der Waals surface area contributed by atoms with Crippen LogP contribution in [0.1, 0.15) is 23.6 Å². The van der Waals surface area contributed by atoms with Crippen LogP contribution in [0.25, 0.3) is 0 Å². The van der Waals surface area contributed by atoms with Crippen LogP contribution >= 0.6 is 0 Å². The van der Waals surface area contributed by atoms with Crippen molar-refractivity contribution in [2.24, 2.45) is 9.98 Å². The summed E-state index contributed by atoms with van der Waals surface area (Å²) in [5.74, 6) is -1.93. The molecule has 200 valence electrons. The van der Waals surface area contributed by atoms with E-state index in [0.29, 0.717) is 43.4 Å². The Morgan fingerprint density at radius 2 is 1.79 bits per heavy atom. The molecule has 39 heavy (non-hydrogen) atoms. The quantitative estimate of drug-likeness (QED) is 0.477. The molecule has 3 N–H and O–H groups in total. The Kier molecular flexibility index (Phi) is 6.45. The summed E-state index contributed by atoms with van der Waals surface area (Å²) in [7, 11) is 0. The number of amidine groups is 1. The van der Waals surface area contributed by atoms with Crippen LogP contribution in [-0.2, 0) is 20.0 Å². The topological polar surface area (TPSA) is 99.6 Å². The number of hydrazine groups is 1. The van der Waals surface area contributed by atoms with E-state index in [2.05, 4.69) is 21.2 Å². The number of halogens is 2. The molecule has 2 atom stereocenters. The van der Waals surface area contributed by atoms with Crippen LogP contribution in [0.3, 0.4) is 0 Å². The van der Waals surface area contributed by atoms with Gasteiger partial charge in [0.1, 0.15) is 11.6 Å². The number of nitrogens with zero attached hydrogens (tertiary/aromatic N) is 3. The second-order valence-electron chi connectivity index (χ2n) is 9.45. The molecule has 2 saturated heterocycles. The summed E-state index contributed by atoms with van der Waals surface area (Å²) >= 11 is 0. The van der Waals surface area contributed by atoms with Gasteiger partial charge in [-0.25, -0.2) is 13.8 Å². The predicted molar refractivity (Wildman–Crippen MR) is 142 cm³/mol. The lowest BCUT2D eigenvalue weighted by atomic mass is 10.0. The summed E-state index contributed by atoms with van der Waals surface area (Å²) in [6, 6.07) is 18.9. The maximum Gasteiger partial charge on any atom is 0.304 e. The number of nitrogens with one attached hydrogen (secondary N) is 3. The van der Waals surface area contributed by atoms with E-state index in [4.69, 9.17) is 14.5 Å². The highest BCUT2D eigenvalue weighted by molar-refractivity contribution is 6.19. The average molecular weight is 533 g/mol. The number of fused-ring (bicyclic) bond motifs is 1. The summed E-state index contributed by atoms with van der Waals surface area (Å²) in [5.41, 5.74) is 7.49. The molecule has 3 heterocycles. The number of benzene rings is 3. The van der Waals surface area contributed by atoms with Gasteiger partial charge in [-0.05, 0) is 19.1 Å². The fourth-order valence-electron chi connectivity index (χ4n) is 4.95. The first-order chi connectivity index (χ1) is 18.9. The molecule has 3 aliphatic rings. The zero-order valence-electron chi connectivity index (χ0n) is 21.1. The lowest BCUT2D eigenvalue weighted by Gasteiger charge is -2.34. The van der Waals surface area contributed by atoms with Gasteiger partial charge in [0.25, 0.3) is 5.91 Å². The van der Waals surface area contributed by atoms with Crippen LogP contribution in [0.5, 0.6) is 0 Å². The highest BCUT2D eigenvalue weighted by Gasteiger charge is 2.42. The Labute approximate surface area is 223 Å². The van der Waals surface area contributed by atoms with Crippen LogP contribution in [0, 0.1) is 11.6 Å². The van der Waals surface area contributed by atoms with E-state index in [1.165, 1.54) is 6.07 Å². The maximum atomic E-state index is 15.3. The minimum absolute atomic E-state index is 0.0589. The van der Waals surface area contributed by atoms with Crippen molar-refractivity contribution >= 4 is 29.0 Å². The third-order valence-electron chi connectivity index (χ3n) is 6.78. The number of aliphatic imine (C=N–C) groups is 2. The van der Waals surface area contributed by atoms with Crippen molar-refractivity contribution < 1.29 is 23.0 Å². The lowest BCUT2D eigenvalue weighted by Crippen LogP contribution is -2.43. The highest BCUT2D eigenvalue weighted by Crippen LogP contribution is 2.37. The van der Waals surface area contributed by atoms with Crippen LogP contribution in [0.15, 0.2) is 76.7 Å². The van der Waals surface area contributed by atoms with E-state index < -0.39 is 29.4 Å². The van der Waals surface area contributed by atoms with Gasteiger partial charge in [-0.15, -0.1) is 0 Å². The standard InChI is InChI=1S/C28H26F2N6O3/c1-28(23-20(30)15-18(29)16-22(23)36-11-13-38-14-12-36)35-34-27(39-28)33-25-26(37)31-21-10-6-5-9-19(21)24(32-25)17-7-3-2-4-8-17/h2-10,15-16,25,35H,11-14H2,1H3,(H,31,37)(H,33,34). The van der Waals surface area contributed by atoms with Gasteiger partial charge in [-0.2, -0.15) is 10.4 Å². The number of amides is 1. The van der Waals surface area contributed by atoms with Crippen molar-refractivity contribution in [3.8, 4) is 0 Å². The smallest absolute Gasteiger partial charge is 0.304 e. The van der Waals surface area contributed by atoms with Crippen LogP contribution in [-0.4, -0.2) is 50.1 Å². The summed E-state index contributed by atoms with van der Waals surface area (Å²) in [4.78, 5) is 24.2. The molecule has 0 bridgehead atoms. The summed E-state index contributed by atoms with van der Waals surface area (Å²) in [6.45, 7) is 3.42. The van der Waals surface area contributed by atoms with E-state index >= 15 is 4.39 Å². The Balaban J connectivity index is 1.35. The summed E-state index contributed by atoms with van der Waals surface area (Å²) < 4.78 is 41.0. The van der Waals surface area contributed by atoms with Crippen LogP contribution in [0.2, 0.25) is 0 Å². The molecule has 1 amide bonds. The molecule has 3 aromatic rings. The van der Waals surface area contributed by atoms with E-state index in [0.717, 1.165) is 17.2 Å². The number of morpholine rings is 1. The third kappa shape index (κ3) is 4.82. The van der Waals surface area contributed by atoms with Gasteiger partial charge in [-0.1, -0.05) is 48.5 Å². The summed E-state index contributed by atoms with van der Waals surface area (Å²) in [5, 5.41) is 2.88.